The quantitative estimate of drug-likeness (QED) is 0.444. The van der Waals surface area contributed by atoms with Crippen LogP contribution in [-0.2, 0) is 0 Å². The third-order valence-electron chi connectivity index (χ3n) is 3.60. The molecule has 106 valence electrons. The first kappa shape index (κ1) is 13.8. The van der Waals surface area contributed by atoms with Crippen molar-refractivity contribution >= 4 is 22.8 Å². The van der Waals surface area contributed by atoms with Gasteiger partial charge < -0.3 is 4.98 Å². The molecule has 3 nitrogen and oxygen atoms in total. The molecule has 0 radical (unpaired) electrons. The SMILES string of the molecule is Cc1[nH]c2ccccc2c1C(=O)/C(C#N)=C/c1ccccc1. The minimum atomic E-state index is -0.249. The van der Waals surface area contributed by atoms with Gasteiger partial charge in [0.1, 0.15) is 11.6 Å². The third kappa shape index (κ3) is 2.43. The second-order valence-electron chi connectivity index (χ2n) is 5.08. The van der Waals surface area contributed by atoms with Gasteiger partial charge in [-0.3, -0.25) is 4.79 Å². The van der Waals surface area contributed by atoms with Gasteiger partial charge in [0.15, 0.2) is 0 Å². The highest BCUT2D eigenvalue weighted by atomic mass is 16.1. The molecule has 3 aromatic rings. The van der Waals surface area contributed by atoms with Gasteiger partial charge in [-0.05, 0) is 24.6 Å². The molecule has 0 atom stereocenters. The summed E-state index contributed by atoms with van der Waals surface area (Å²) < 4.78 is 0. The molecule has 0 aliphatic heterocycles. The van der Waals surface area contributed by atoms with Gasteiger partial charge in [-0.1, -0.05) is 48.5 Å². The summed E-state index contributed by atoms with van der Waals surface area (Å²) in [6.07, 6.45) is 1.63. The molecule has 0 bridgehead atoms. The molecule has 0 aliphatic rings. The number of aromatic amines is 1. The van der Waals surface area contributed by atoms with Crippen LogP contribution in [0.3, 0.4) is 0 Å². The summed E-state index contributed by atoms with van der Waals surface area (Å²) in [5.74, 6) is -0.249. The van der Waals surface area contributed by atoms with Crippen LogP contribution in [0, 0.1) is 18.3 Å². The summed E-state index contributed by atoms with van der Waals surface area (Å²) in [6, 6.07) is 19.0. The first-order valence-electron chi connectivity index (χ1n) is 6.99. The summed E-state index contributed by atoms with van der Waals surface area (Å²) in [7, 11) is 0. The zero-order valence-electron chi connectivity index (χ0n) is 12.1. The highest BCUT2D eigenvalue weighted by Gasteiger charge is 2.19. The molecule has 22 heavy (non-hydrogen) atoms. The van der Waals surface area contributed by atoms with Gasteiger partial charge in [0.05, 0.1) is 5.56 Å². The predicted octanol–water partition coefficient (Wildman–Crippen LogP) is 4.27. The number of nitrogens with zero attached hydrogens (tertiary/aromatic N) is 1. The van der Waals surface area contributed by atoms with Crippen LogP contribution in [0.15, 0.2) is 60.2 Å². The minimum absolute atomic E-state index is 0.138. The largest absolute Gasteiger partial charge is 0.358 e. The van der Waals surface area contributed by atoms with E-state index < -0.39 is 0 Å². The van der Waals surface area contributed by atoms with E-state index in [1.807, 2.05) is 67.6 Å². The van der Waals surface area contributed by atoms with Crippen LogP contribution in [0.2, 0.25) is 0 Å². The van der Waals surface area contributed by atoms with Crippen molar-refractivity contribution in [1.29, 1.82) is 5.26 Å². The standard InChI is InChI=1S/C19H14N2O/c1-13-18(16-9-5-6-10-17(16)21-13)19(22)15(12-20)11-14-7-3-2-4-8-14/h2-11,21H,1H3/b15-11+. The number of carbonyl (C=O) groups excluding carboxylic acids is 1. The van der Waals surface area contributed by atoms with Crippen molar-refractivity contribution in [3.63, 3.8) is 0 Å². The normalized spacial score (nSPS) is 11.4. The molecule has 1 N–H and O–H groups in total. The lowest BCUT2D eigenvalue weighted by Crippen LogP contribution is -2.03. The number of nitrogens with one attached hydrogen (secondary N) is 1. The number of carbonyl (C=O) groups is 1. The first-order chi connectivity index (χ1) is 10.7. The van der Waals surface area contributed by atoms with Crippen LogP contribution < -0.4 is 0 Å². The second kappa shape index (κ2) is 5.71. The molecular weight excluding hydrogens is 272 g/mol. The van der Waals surface area contributed by atoms with Crippen LogP contribution >= 0.6 is 0 Å². The van der Waals surface area contributed by atoms with Crippen molar-refractivity contribution in [2.45, 2.75) is 6.92 Å². The maximum absolute atomic E-state index is 12.8. The second-order valence-corrected chi connectivity index (χ2v) is 5.08. The van der Waals surface area contributed by atoms with Crippen LogP contribution in [-0.4, -0.2) is 10.8 Å². The number of aromatic nitrogens is 1. The molecule has 0 unspecified atom stereocenters. The van der Waals surface area contributed by atoms with Crippen molar-refractivity contribution in [1.82, 2.24) is 4.98 Å². The van der Waals surface area contributed by atoms with Gasteiger partial charge in [0, 0.05) is 16.6 Å². The Kier molecular flexibility index (Phi) is 3.59. The average molecular weight is 286 g/mol. The lowest BCUT2D eigenvalue weighted by Gasteiger charge is -2.00. The van der Waals surface area contributed by atoms with E-state index in [1.165, 1.54) is 0 Å². The van der Waals surface area contributed by atoms with E-state index in [0.717, 1.165) is 22.2 Å². The van der Waals surface area contributed by atoms with Crippen molar-refractivity contribution in [3.05, 3.63) is 77.0 Å². The Morgan fingerprint density at radius 3 is 2.50 bits per heavy atom. The Hall–Kier alpha value is -3.12. The van der Waals surface area contributed by atoms with E-state index in [0.29, 0.717) is 5.56 Å². The van der Waals surface area contributed by atoms with Crippen LogP contribution in [0.1, 0.15) is 21.6 Å². The summed E-state index contributed by atoms with van der Waals surface area (Å²) in [6.45, 7) is 1.85. The highest BCUT2D eigenvalue weighted by Crippen LogP contribution is 2.25. The molecule has 3 rings (SSSR count). The van der Waals surface area contributed by atoms with E-state index in [1.54, 1.807) is 6.08 Å². The van der Waals surface area contributed by atoms with E-state index >= 15 is 0 Å². The van der Waals surface area contributed by atoms with E-state index in [-0.39, 0.29) is 11.4 Å². The predicted molar refractivity (Wildman–Crippen MR) is 87.4 cm³/mol. The number of fused-ring (bicyclic) bond motifs is 1. The lowest BCUT2D eigenvalue weighted by atomic mass is 9.99. The molecule has 0 saturated heterocycles. The molecule has 1 aromatic heterocycles. The number of H-pyrrole nitrogens is 1. The summed E-state index contributed by atoms with van der Waals surface area (Å²) in [5, 5.41) is 10.2. The van der Waals surface area contributed by atoms with Gasteiger partial charge in [-0.25, -0.2) is 0 Å². The fourth-order valence-electron chi connectivity index (χ4n) is 2.57. The Bertz CT molecular complexity index is 912. The van der Waals surface area contributed by atoms with Crippen LogP contribution in [0.4, 0.5) is 0 Å². The molecule has 0 amide bonds. The van der Waals surface area contributed by atoms with Gasteiger partial charge in [0.2, 0.25) is 5.78 Å². The molecule has 0 saturated carbocycles. The number of rotatable bonds is 3. The van der Waals surface area contributed by atoms with Crippen molar-refractivity contribution in [2.75, 3.05) is 0 Å². The molecule has 1 heterocycles. The summed E-state index contributed by atoms with van der Waals surface area (Å²) in [4.78, 5) is 16.0. The number of allylic oxidation sites excluding steroid dienone is 1. The van der Waals surface area contributed by atoms with E-state index in [4.69, 9.17) is 0 Å². The number of ketones is 1. The van der Waals surface area contributed by atoms with E-state index in [9.17, 15) is 10.1 Å². The molecule has 3 heteroatoms. The lowest BCUT2D eigenvalue weighted by molar-refractivity contribution is 0.104. The van der Waals surface area contributed by atoms with E-state index in [2.05, 4.69) is 4.98 Å². The Morgan fingerprint density at radius 1 is 1.09 bits per heavy atom. The van der Waals surface area contributed by atoms with Gasteiger partial charge in [-0.15, -0.1) is 0 Å². The van der Waals surface area contributed by atoms with Crippen molar-refractivity contribution in [3.8, 4) is 6.07 Å². The van der Waals surface area contributed by atoms with Crippen LogP contribution in [0.5, 0.6) is 0 Å². The fourth-order valence-corrected chi connectivity index (χ4v) is 2.57. The maximum Gasteiger partial charge on any atom is 0.205 e. The number of benzene rings is 2. The van der Waals surface area contributed by atoms with Crippen LogP contribution in [0.25, 0.3) is 17.0 Å². The molecular formula is C19H14N2O. The number of Topliss-reactive ketones (excluding diaryl/α,β-unsaturated/α-hetero) is 1. The molecule has 0 aliphatic carbocycles. The molecule has 2 aromatic carbocycles. The molecule has 0 fully saturated rings. The first-order valence-corrected chi connectivity index (χ1v) is 6.99. The highest BCUT2D eigenvalue weighted by molar-refractivity contribution is 6.20. The minimum Gasteiger partial charge on any atom is -0.358 e. The third-order valence-corrected chi connectivity index (χ3v) is 3.60. The van der Waals surface area contributed by atoms with Crippen molar-refractivity contribution < 1.29 is 4.79 Å². The monoisotopic (exact) mass is 286 g/mol. The summed E-state index contributed by atoms with van der Waals surface area (Å²) >= 11 is 0. The number of para-hydroxylation sites is 1. The van der Waals surface area contributed by atoms with Gasteiger partial charge in [0.25, 0.3) is 0 Å². The molecule has 0 spiro atoms. The number of aryl methyl sites for hydroxylation is 1. The Labute approximate surface area is 128 Å². The summed E-state index contributed by atoms with van der Waals surface area (Å²) in [5.41, 5.74) is 3.23. The van der Waals surface area contributed by atoms with Gasteiger partial charge in [-0.2, -0.15) is 5.26 Å². The number of hydrogen-bond donors (Lipinski definition) is 1. The number of hydrogen-bond acceptors (Lipinski definition) is 2. The topological polar surface area (TPSA) is 56.6 Å². The average Bonchev–Trinajstić information content (AvgIpc) is 2.88. The maximum atomic E-state index is 12.8. The zero-order chi connectivity index (χ0) is 15.5. The Morgan fingerprint density at radius 2 is 1.77 bits per heavy atom. The van der Waals surface area contributed by atoms with Crippen molar-refractivity contribution in [2.24, 2.45) is 0 Å². The Balaban J connectivity index is 2.10. The fraction of sp³-hybridized carbons (Fsp3) is 0.0526. The smallest absolute Gasteiger partial charge is 0.205 e. The van der Waals surface area contributed by atoms with Gasteiger partial charge >= 0.3 is 0 Å². The number of nitriles is 1. The zero-order valence-corrected chi connectivity index (χ0v) is 12.1.